The van der Waals surface area contributed by atoms with Gasteiger partial charge in [0, 0.05) is 108 Å². The largest absolute Gasteiger partial charge is 0.481 e. The molecule has 3 N–H and O–H groups in total. The Morgan fingerprint density at radius 2 is 1.17 bits per heavy atom. The first-order valence-corrected chi connectivity index (χ1v) is 33.8. The lowest BCUT2D eigenvalue weighted by Crippen LogP contribution is -2.46. The van der Waals surface area contributed by atoms with E-state index in [1.165, 1.54) is 55.3 Å². The minimum absolute atomic E-state index is 0.146. The quantitative estimate of drug-likeness (QED) is 0.0165. The van der Waals surface area contributed by atoms with E-state index >= 15 is 0 Å². The maximum Gasteiger partial charge on any atom is 0.309 e. The molecule has 1 unspecified atom stereocenters. The van der Waals surface area contributed by atoms with E-state index in [0.717, 1.165) is 132 Å². The molecular weight excluding hydrogens is 1620 g/mol. The molecule has 10 nitrogen and oxygen atoms in total. The molecule has 0 saturated heterocycles. The highest BCUT2D eigenvalue weighted by Crippen LogP contribution is 2.54. The molecule has 16 heteroatoms. The molecule has 2 heterocycles. The Bertz CT molecular complexity index is 2450. The number of aliphatic carboxylic acids is 1. The SMILES string of the molecule is CCCCNC(=O)CCCCC[N+]1=C(/C=C/C=C/C=C/C=C2\N(CCCC)c3cc(I)c(I)c(I)c3C2(C)CCCCCC(=O)NCCC[N+](C)(C)CCC[N+](C)(C)CCC(=O)O)C(C)(C)c2c1cc(I)c(I)c2I. The van der Waals surface area contributed by atoms with Gasteiger partial charge in [0.05, 0.1) is 71.8 Å². The summed E-state index contributed by atoms with van der Waals surface area (Å²) < 4.78 is 12.0. The number of nitrogens with one attached hydrogen (secondary N) is 2. The lowest BCUT2D eigenvalue weighted by molar-refractivity contribution is -0.909. The third-order valence-electron chi connectivity index (χ3n) is 15.0. The summed E-state index contributed by atoms with van der Waals surface area (Å²) in [5.41, 5.74) is 7.82. The van der Waals surface area contributed by atoms with Crippen molar-refractivity contribution in [1.82, 2.24) is 10.6 Å². The number of carbonyl (C=O) groups is 3. The molecule has 0 aliphatic carbocycles. The normalized spacial score (nSPS) is 17.1. The number of rotatable bonds is 33. The number of nitrogens with zero attached hydrogens (tertiary/aromatic N) is 4. The van der Waals surface area contributed by atoms with E-state index in [9.17, 15) is 14.4 Å². The summed E-state index contributed by atoms with van der Waals surface area (Å²) >= 11 is 15.2. The first-order valence-electron chi connectivity index (χ1n) is 27.3. The number of hydrogen-bond donors (Lipinski definition) is 3. The summed E-state index contributed by atoms with van der Waals surface area (Å²) in [5, 5.41) is 15.4. The number of benzene rings is 2. The van der Waals surface area contributed by atoms with E-state index in [0.29, 0.717) is 25.9 Å². The van der Waals surface area contributed by atoms with Gasteiger partial charge in [0.1, 0.15) is 6.54 Å². The molecule has 75 heavy (non-hydrogen) atoms. The molecule has 2 aromatic rings. The van der Waals surface area contributed by atoms with Crippen LogP contribution in [0.1, 0.15) is 148 Å². The number of allylic oxidation sites excluding steroid dienone is 8. The maximum absolute atomic E-state index is 13.0. The Kier molecular flexibility index (Phi) is 28.9. The Balaban J connectivity index is 1.43. The number of halogens is 6. The van der Waals surface area contributed by atoms with E-state index in [2.05, 4.69) is 273 Å². The maximum atomic E-state index is 13.0. The van der Waals surface area contributed by atoms with Crippen molar-refractivity contribution in [2.75, 3.05) is 85.4 Å². The van der Waals surface area contributed by atoms with Crippen LogP contribution in [0.5, 0.6) is 0 Å². The third kappa shape index (κ3) is 19.9. The number of fused-ring (bicyclic) bond motifs is 2. The fourth-order valence-corrected chi connectivity index (χ4v) is 15.9. The molecule has 0 aromatic heterocycles. The molecule has 4 rings (SSSR count). The number of hydrogen-bond acceptors (Lipinski definition) is 4. The fraction of sp³-hybridized carbons (Fsp3) is 0.593. The van der Waals surface area contributed by atoms with Gasteiger partial charge in [-0.05, 0) is 207 Å². The number of carboxylic acids is 1. The van der Waals surface area contributed by atoms with Gasteiger partial charge >= 0.3 is 5.97 Å². The van der Waals surface area contributed by atoms with Crippen molar-refractivity contribution in [2.24, 2.45) is 0 Å². The van der Waals surface area contributed by atoms with Gasteiger partial charge in [-0.2, -0.15) is 4.58 Å². The highest BCUT2D eigenvalue weighted by atomic mass is 127. The van der Waals surface area contributed by atoms with Gasteiger partial charge in [-0.1, -0.05) is 69.9 Å². The van der Waals surface area contributed by atoms with Crippen LogP contribution in [-0.4, -0.2) is 123 Å². The second kappa shape index (κ2) is 32.3. The lowest BCUT2D eigenvalue weighted by Gasteiger charge is -2.33. The lowest BCUT2D eigenvalue weighted by atomic mass is 9.77. The number of unbranched alkanes of at least 4 members (excludes halogenated alkanes) is 6. The zero-order chi connectivity index (χ0) is 55.6. The van der Waals surface area contributed by atoms with Crippen LogP contribution in [0.15, 0.2) is 60.4 Å². The molecule has 2 aliphatic rings. The molecule has 0 bridgehead atoms. The van der Waals surface area contributed by atoms with Gasteiger partial charge in [0.25, 0.3) is 0 Å². The number of quaternary nitrogens is 2. The monoisotopic (exact) mass is 1710 g/mol. The number of carboxylic acid groups (broad SMARTS) is 1. The van der Waals surface area contributed by atoms with E-state index in [4.69, 9.17) is 5.11 Å². The predicted octanol–water partition coefficient (Wildman–Crippen LogP) is 14.8. The van der Waals surface area contributed by atoms with Crippen LogP contribution in [0.25, 0.3) is 0 Å². The molecule has 2 aliphatic heterocycles. The van der Waals surface area contributed by atoms with Gasteiger partial charge < -0.3 is 29.6 Å². The highest BCUT2D eigenvalue weighted by Gasteiger charge is 2.47. The Hall–Kier alpha value is -0.420. The first kappa shape index (κ1) is 67.1. The van der Waals surface area contributed by atoms with E-state index in [1.54, 1.807) is 0 Å². The Morgan fingerprint density at radius 3 is 1.80 bits per heavy atom. The van der Waals surface area contributed by atoms with Crippen LogP contribution in [0.2, 0.25) is 0 Å². The second-order valence-electron chi connectivity index (χ2n) is 22.5. The van der Waals surface area contributed by atoms with Crippen molar-refractivity contribution in [3.05, 3.63) is 92.9 Å². The zero-order valence-electron chi connectivity index (χ0n) is 46.4. The van der Waals surface area contributed by atoms with Gasteiger partial charge in [0.15, 0.2) is 5.71 Å². The van der Waals surface area contributed by atoms with Crippen molar-refractivity contribution in [1.29, 1.82) is 0 Å². The Labute approximate surface area is 534 Å². The minimum atomic E-state index is -0.735. The molecule has 2 aromatic carbocycles. The van der Waals surface area contributed by atoms with Crippen molar-refractivity contribution in [2.45, 2.75) is 148 Å². The summed E-state index contributed by atoms with van der Waals surface area (Å²) in [5.74, 6) is -0.416. The van der Waals surface area contributed by atoms with Crippen LogP contribution in [0.4, 0.5) is 11.4 Å². The topological polar surface area (TPSA) is 102 Å². The molecule has 0 fully saturated rings. The van der Waals surface area contributed by atoms with E-state index in [1.807, 2.05) is 0 Å². The van der Waals surface area contributed by atoms with Gasteiger partial charge in [0.2, 0.25) is 17.5 Å². The smallest absolute Gasteiger partial charge is 0.309 e. The minimum Gasteiger partial charge on any atom is -0.481 e. The van der Waals surface area contributed by atoms with Crippen molar-refractivity contribution >= 4 is 170 Å². The van der Waals surface area contributed by atoms with Crippen LogP contribution in [0, 0.1) is 21.4 Å². The van der Waals surface area contributed by atoms with Gasteiger partial charge in [-0.25, -0.2) is 0 Å². The average Bonchev–Trinajstić information content (AvgIpc) is 3.69. The van der Waals surface area contributed by atoms with E-state index < -0.39 is 5.97 Å². The van der Waals surface area contributed by atoms with E-state index in [-0.39, 0.29) is 29.1 Å². The number of amides is 2. The average molecular weight is 1710 g/mol. The highest BCUT2D eigenvalue weighted by molar-refractivity contribution is 14.1. The summed E-state index contributed by atoms with van der Waals surface area (Å²) in [7, 11) is 8.71. The second-order valence-corrected chi connectivity index (χ2v) is 29.1. The van der Waals surface area contributed by atoms with Crippen LogP contribution >= 0.6 is 136 Å². The Morgan fingerprint density at radius 1 is 0.627 bits per heavy atom. The molecule has 0 saturated carbocycles. The molecular formula is C59H87I6N6O4+3. The molecule has 0 radical (unpaired) electrons. The van der Waals surface area contributed by atoms with Crippen LogP contribution in [-0.2, 0) is 25.2 Å². The summed E-state index contributed by atoms with van der Waals surface area (Å²) in [6, 6.07) is 4.76. The van der Waals surface area contributed by atoms with Crippen LogP contribution in [0.3, 0.4) is 0 Å². The van der Waals surface area contributed by atoms with Gasteiger partial charge in [-0.3, -0.25) is 14.4 Å². The van der Waals surface area contributed by atoms with Gasteiger partial charge in [-0.15, -0.1) is 0 Å². The fourth-order valence-electron chi connectivity index (χ4n) is 10.5. The third-order valence-corrected chi connectivity index (χ3v) is 25.2. The van der Waals surface area contributed by atoms with Crippen molar-refractivity contribution in [3.63, 3.8) is 0 Å². The molecule has 2 amide bonds. The summed E-state index contributed by atoms with van der Waals surface area (Å²) in [4.78, 5) is 39.0. The first-order chi connectivity index (χ1) is 35.4. The molecule has 416 valence electrons. The van der Waals surface area contributed by atoms with Crippen LogP contribution < -0.4 is 15.5 Å². The summed E-state index contributed by atoms with van der Waals surface area (Å²) in [6.45, 7) is 18.6. The standard InChI is InChI=1S/C59H84I6N6O4/c1-10-12-33-66-49(72)30-22-18-24-36-68-45-41-43(60)54(62)56(64)52(45)58(3,4)47(68)27-19-15-14-16-20-28-48-59(5,53-46(69(48)35-13-11-2)42-44(61)55(63)57(53)65)32-23-17-21-29-50(73)67-34-25-37-70(6,7)38-26-39-71(8,9)40-31-51(74)75/h14-16,19-20,27-28,41-42H,10-13,17-18,21-26,29-40H2,1-9H3/p+3. The predicted molar refractivity (Wildman–Crippen MR) is 365 cm³/mol. The zero-order valence-corrected chi connectivity index (χ0v) is 59.3. The van der Waals surface area contributed by atoms with Crippen molar-refractivity contribution < 1.29 is 33.0 Å². The molecule has 0 spiro atoms. The van der Waals surface area contributed by atoms with Crippen molar-refractivity contribution in [3.8, 4) is 0 Å². The summed E-state index contributed by atoms with van der Waals surface area (Å²) in [6.07, 6.45) is 30.1. The number of carbonyl (C=O) groups excluding carboxylic acids is 2. The number of anilines is 1. The molecule has 1 atom stereocenters.